The van der Waals surface area contributed by atoms with Gasteiger partial charge >= 0.3 is 0 Å². The van der Waals surface area contributed by atoms with Crippen LogP contribution in [0.25, 0.3) is 0 Å². The standard InChI is InChI=1S/C12H15BrCl2/c1-2-3-4-5-10(13)9-6-7-11(14)12(15)8-9/h6-8,10H,2-5H2,1H3. The molecule has 84 valence electrons. The molecule has 1 aromatic rings. The van der Waals surface area contributed by atoms with E-state index in [4.69, 9.17) is 23.2 Å². The first-order valence-corrected chi connectivity index (χ1v) is 6.91. The first kappa shape index (κ1) is 13.3. The van der Waals surface area contributed by atoms with Gasteiger partial charge in [0.25, 0.3) is 0 Å². The third-order valence-electron chi connectivity index (χ3n) is 2.37. The van der Waals surface area contributed by atoms with Crippen LogP contribution in [-0.2, 0) is 0 Å². The summed E-state index contributed by atoms with van der Waals surface area (Å²) in [7, 11) is 0. The zero-order chi connectivity index (χ0) is 11.3. The normalized spacial score (nSPS) is 12.8. The second kappa shape index (κ2) is 6.78. The molecule has 0 aliphatic rings. The van der Waals surface area contributed by atoms with Crippen molar-refractivity contribution >= 4 is 39.1 Å². The van der Waals surface area contributed by atoms with E-state index in [1.54, 1.807) is 0 Å². The molecule has 0 amide bonds. The van der Waals surface area contributed by atoms with Crippen LogP contribution in [-0.4, -0.2) is 0 Å². The van der Waals surface area contributed by atoms with Gasteiger partial charge < -0.3 is 0 Å². The van der Waals surface area contributed by atoms with E-state index in [9.17, 15) is 0 Å². The van der Waals surface area contributed by atoms with Gasteiger partial charge in [-0.15, -0.1) is 0 Å². The highest BCUT2D eigenvalue weighted by Crippen LogP contribution is 2.32. The van der Waals surface area contributed by atoms with Crippen molar-refractivity contribution in [1.29, 1.82) is 0 Å². The number of rotatable bonds is 5. The fourth-order valence-corrected chi connectivity index (χ4v) is 2.36. The molecule has 0 nitrogen and oxygen atoms in total. The van der Waals surface area contributed by atoms with Gasteiger partial charge in [0.1, 0.15) is 0 Å². The summed E-state index contributed by atoms with van der Waals surface area (Å²) in [5, 5.41) is 1.25. The predicted molar refractivity (Wildman–Crippen MR) is 72.3 cm³/mol. The molecule has 0 fully saturated rings. The average Bonchev–Trinajstić information content (AvgIpc) is 2.22. The van der Waals surface area contributed by atoms with Crippen molar-refractivity contribution in [2.24, 2.45) is 0 Å². The van der Waals surface area contributed by atoms with Crippen LogP contribution in [0.15, 0.2) is 18.2 Å². The lowest BCUT2D eigenvalue weighted by atomic mass is 10.1. The van der Waals surface area contributed by atoms with E-state index in [-0.39, 0.29) is 0 Å². The summed E-state index contributed by atoms with van der Waals surface area (Å²) in [6, 6.07) is 5.82. The molecule has 0 spiro atoms. The Labute approximate surface area is 110 Å². The van der Waals surface area contributed by atoms with Gasteiger partial charge in [-0.25, -0.2) is 0 Å². The minimum Gasteiger partial charge on any atom is -0.0839 e. The second-order valence-electron chi connectivity index (χ2n) is 3.64. The summed E-state index contributed by atoms with van der Waals surface area (Å²) >= 11 is 15.5. The quantitative estimate of drug-likeness (QED) is 0.461. The Morgan fingerprint density at radius 3 is 2.53 bits per heavy atom. The molecule has 15 heavy (non-hydrogen) atoms. The molecule has 1 aromatic carbocycles. The van der Waals surface area contributed by atoms with E-state index in [2.05, 4.69) is 22.9 Å². The lowest BCUT2D eigenvalue weighted by Gasteiger charge is -2.10. The lowest BCUT2D eigenvalue weighted by molar-refractivity contribution is 0.664. The van der Waals surface area contributed by atoms with Gasteiger partial charge in [0.05, 0.1) is 10.0 Å². The molecule has 0 aliphatic heterocycles. The molecule has 0 heterocycles. The van der Waals surface area contributed by atoms with Gasteiger partial charge in [-0.1, -0.05) is 71.4 Å². The number of hydrogen-bond acceptors (Lipinski definition) is 0. The van der Waals surface area contributed by atoms with Crippen LogP contribution < -0.4 is 0 Å². The van der Waals surface area contributed by atoms with Gasteiger partial charge in [0, 0.05) is 4.83 Å². The smallest absolute Gasteiger partial charge is 0.0595 e. The van der Waals surface area contributed by atoms with Gasteiger partial charge in [0.15, 0.2) is 0 Å². The molecule has 3 heteroatoms. The third kappa shape index (κ3) is 4.34. The minimum atomic E-state index is 0.388. The Morgan fingerprint density at radius 2 is 1.93 bits per heavy atom. The SMILES string of the molecule is CCCCCC(Br)c1ccc(Cl)c(Cl)c1. The van der Waals surface area contributed by atoms with E-state index in [1.807, 2.05) is 18.2 Å². The van der Waals surface area contributed by atoms with E-state index in [1.165, 1.54) is 24.8 Å². The summed E-state index contributed by atoms with van der Waals surface area (Å²) < 4.78 is 0. The molecule has 0 N–H and O–H groups in total. The number of halogens is 3. The average molecular weight is 310 g/mol. The monoisotopic (exact) mass is 308 g/mol. The second-order valence-corrected chi connectivity index (χ2v) is 5.56. The summed E-state index contributed by atoms with van der Waals surface area (Å²) in [4.78, 5) is 0.388. The van der Waals surface area contributed by atoms with Crippen LogP contribution in [0.5, 0.6) is 0 Å². The maximum Gasteiger partial charge on any atom is 0.0595 e. The first-order valence-electron chi connectivity index (χ1n) is 5.24. The van der Waals surface area contributed by atoms with Gasteiger partial charge in [-0.3, -0.25) is 0 Å². The van der Waals surface area contributed by atoms with Crippen molar-refractivity contribution in [3.63, 3.8) is 0 Å². The van der Waals surface area contributed by atoms with Crippen molar-refractivity contribution in [1.82, 2.24) is 0 Å². The Kier molecular flexibility index (Phi) is 6.03. The molecular weight excluding hydrogens is 295 g/mol. The molecule has 0 saturated carbocycles. The number of unbranched alkanes of at least 4 members (excludes halogenated alkanes) is 2. The summed E-state index contributed by atoms with van der Waals surface area (Å²) in [6.45, 7) is 2.21. The van der Waals surface area contributed by atoms with Crippen molar-refractivity contribution in [2.45, 2.75) is 37.4 Å². The van der Waals surface area contributed by atoms with Crippen LogP contribution in [0.3, 0.4) is 0 Å². The highest BCUT2D eigenvalue weighted by atomic mass is 79.9. The van der Waals surface area contributed by atoms with Crippen LogP contribution in [0, 0.1) is 0 Å². The molecule has 0 aromatic heterocycles. The van der Waals surface area contributed by atoms with E-state index in [0.29, 0.717) is 14.9 Å². The fraction of sp³-hybridized carbons (Fsp3) is 0.500. The van der Waals surface area contributed by atoms with E-state index < -0.39 is 0 Å². The summed E-state index contributed by atoms with van der Waals surface area (Å²) in [5.41, 5.74) is 1.21. The molecule has 1 rings (SSSR count). The topological polar surface area (TPSA) is 0 Å². The highest BCUT2D eigenvalue weighted by Gasteiger charge is 2.08. The molecule has 0 aliphatic carbocycles. The molecule has 1 unspecified atom stereocenters. The Hall–Kier alpha value is 0.280. The molecule has 0 bridgehead atoms. The Morgan fingerprint density at radius 1 is 1.20 bits per heavy atom. The van der Waals surface area contributed by atoms with E-state index in [0.717, 1.165) is 6.42 Å². The lowest BCUT2D eigenvalue weighted by Crippen LogP contribution is -1.90. The maximum atomic E-state index is 5.97. The first-order chi connectivity index (χ1) is 7.15. The summed E-state index contributed by atoms with van der Waals surface area (Å²) in [6.07, 6.45) is 4.92. The van der Waals surface area contributed by atoms with Crippen LogP contribution >= 0.6 is 39.1 Å². The van der Waals surface area contributed by atoms with E-state index >= 15 is 0 Å². The maximum absolute atomic E-state index is 5.97. The summed E-state index contributed by atoms with van der Waals surface area (Å²) in [5.74, 6) is 0. The van der Waals surface area contributed by atoms with Crippen molar-refractivity contribution < 1.29 is 0 Å². The fourth-order valence-electron chi connectivity index (χ4n) is 1.45. The Balaban J connectivity index is 2.57. The Bertz CT molecular complexity index is 312. The predicted octanol–water partition coefficient (Wildman–Crippen LogP) is 6.01. The number of alkyl halides is 1. The zero-order valence-corrected chi connectivity index (χ0v) is 11.9. The van der Waals surface area contributed by atoms with Crippen LogP contribution in [0.2, 0.25) is 10.0 Å². The van der Waals surface area contributed by atoms with Crippen molar-refractivity contribution in [2.75, 3.05) is 0 Å². The molecule has 0 radical (unpaired) electrons. The molecule has 1 atom stereocenters. The third-order valence-corrected chi connectivity index (χ3v) is 4.09. The zero-order valence-electron chi connectivity index (χ0n) is 8.77. The van der Waals surface area contributed by atoms with Gasteiger partial charge in [-0.05, 0) is 24.1 Å². The van der Waals surface area contributed by atoms with Gasteiger partial charge in [0.2, 0.25) is 0 Å². The van der Waals surface area contributed by atoms with Crippen molar-refractivity contribution in [3.8, 4) is 0 Å². The minimum absolute atomic E-state index is 0.388. The number of hydrogen-bond donors (Lipinski definition) is 0. The van der Waals surface area contributed by atoms with Crippen LogP contribution in [0.1, 0.15) is 43.0 Å². The number of benzene rings is 1. The largest absolute Gasteiger partial charge is 0.0839 e. The van der Waals surface area contributed by atoms with Crippen LogP contribution in [0.4, 0.5) is 0 Å². The highest BCUT2D eigenvalue weighted by molar-refractivity contribution is 9.09. The van der Waals surface area contributed by atoms with Gasteiger partial charge in [-0.2, -0.15) is 0 Å². The molecular formula is C12H15BrCl2. The van der Waals surface area contributed by atoms with Crippen molar-refractivity contribution in [3.05, 3.63) is 33.8 Å². The molecule has 0 saturated heterocycles.